The van der Waals surface area contributed by atoms with Gasteiger partial charge in [0.05, 0.1) is 0 Å². The zero-order valence-corrected chi connectivity index (χ0v) is 10.3. The fourth-order valence-electron chi connectivity index (χ4n) is 1.99. The molecular weight excluding hydrogens is 229 g/mol. The third-order valence-electron chi connectivity index (χ3n) is 2.74. The van der Waals surface area contributed by atoms with Gasteiger partial charge in [0, 0.05) is 16.8 Å². The van der Waals surface area contributed by atoms with Gasteiger partial charge in [-0.25, -0.2) is 4.39 Å². The van der Waals surface area contributed by atoms with Crippen molar-refractivity contribution in [2.75, 3.05) is 5.73 Å². The highest BCUT2D eigenvalue weighted by molar-refractivity contribution is 6.12. The summed E-state index contributed by atoms with van der Waals surface area (Å²) in [6.45, 7) is 3.83. The molecule has 0 amide bonds. The molecule has 18 heavy (non-hydrogen) atoms. The van der Waals surface area contributed by atoms with Crippen molar-refractivity contribution >= 4 is 11.5 Å². The summed E-state index contributed by atoms with van der Waals surface area (Å²) in [7, 11) is 0. The smallest absolute Gasteiger partial charge is 0.195 e. The first-order chi connectivity index (χ1) is 8.47. The highest BCUT2D eigenvalue weighted by Crippen LogP contribution is 2.19. The molecule has 0 aliphatic rings. The molecule has 0 atom stereocenters. The van der Waals surface area contributed by atoms with E-state index in [9.17, 15) is 9.18 Å². The summed E-state index contributed by atoms with van der Waals surface area (Å²) in [6, 6.07) is 9.36. The average molecular weight is 243 g/mol. The first-order valence-electron chi connectivity index (χ1n) is 5.65. The number of anilines is 1. The number of benzene rings is 2. The number of ketones is 1. The monoisotopic (exact) mass is 243 g/mol. The largest absolute Gasteiger partial charge is 0.398 e. The Kier molecular flexibility index (Phi) is 3.15. The van der Waals surface area contributed by atoms with Gasteiger partial charge in [-0.15, -0.1) is 0 Å². The molecule has 0 heterocycles. The van der Waals surface area contributed by atoms with E-state index >= 15 is 0 Å². The third-order valence-corrected chi connectivity index (χ3v) is 2.74. The molecule has 2 aromatic carbocycles. The quantitative estimate of drug-likeness (QED) is 0.650. The number of hydrogen-bond donors (Lipinski definition) is 1. The second-order valence-corrected chi connectivity index (χ2v) is 4.44. The summed E-state index contributed by atoms with van der Waals surface area (Å²) in [6.07, 6.45) is 0. The molecule has 3 heteroatoms. The molecule has 2 aromatic rings. The van der Waals surface area contributed by atoms with Gasteiger partial charge in [-0.1, -0.05) is 17.2 Å². The maximum Gasteiger partial charge on any atom is 0.195 e. The predicted molar refractivity (Wildman–Crippen MR) is 70.2 cm³/mol. The van der Waals surface area contributed by atoms with Crippen molar-refractivity contribution in [2.24, 2.45) is 0 Å². The predicted octanol–water partition coefficient (Wildman–Crippen LogP) is 3.26. The van der Waals surface area contributed by atoms with E-state index in [1.807, 2.05) is 19.9 Å². The number of carbonyl (C=O) groups excluding carboxylic acids is 1. The molecule has 92 valence electrons. The summed E-state index contributed by atoms with van der Waals surface area (Å²) in [5.41, 5.74) is 8.74. The van der Waals surface area contributed by atoms with Crippen molar-refractivity contribution < 1.29 is 9.18 Å². The lowest BCUT2D eigenvalue weighted by Crippen LogP contribution is -2.06. The molecule has 0 saturated carbocycles. The molecule has 0 unspecified atom stereocenters. The van der Waals surface area contributed by atoms with E-state index in [2.05, 4.69) is 0 Å². The zero-order chi connectivity index (χ0) is 13.3. The van der Waals surface area contributed by atoms with Crippen molar-refractivity contribution in [2.45, 2.75) is 13.8 Å². The Morgan fingerprint density at radius 3 is 2.28 bits per heavy atom. The molecule has 0 saturated heterocycles. The topological polar surface area (TPSA) is 43.1 Å². The summed E-state index contributed by atoms with van der Waals surface area (Å²) in [5, 5.41) is 0. The van der Waals surface area contributed by atoms with Gasteiger partial charge in [-0.2, -0.15) is 0 Å². The number of hydrogen-bond acceptors (Lipinski definition) is 2. The minimum atomic E-state index is -0.461. The molecule has 0 aromatic heterocycles. The Morgan fingerprint density at radius 2 is 1.67 bits per heavy atom. The van der Waals surface area contributed by atoms with Crippen molar-refractivity contribution in [1.29, 1.82) is 0 Å². The first-order valence-corrected chi connectivity index (χ1v) is 5.65. The number of nitrogen functional groups attached to an aromatic ring is 1. The normalized spacial score (nSPS) is 10.4. The van der Waals surface area contributed by atoms with E-state index in [1.54, 1.807) is 12.1 Å². The Labute approximate surface area is 105 Å². The lowest BCUT2D eigenvalue weighted by molar-refractivity contribution is 0.103. The number of rotatable bonds is 2. The van der Waals surface area contributed by atoms with E-state index in [0.717, 1.165) is 11.1 Å². The van der Waals surface area contributed by atoms with Crippen LogP contribution in [0.3, 0.4) is 0 Å². The second kappa shape index (κ2) is 4.61. The summed E-state index contributed by atoms with van der Waals surface area (Å²) >= 11 is 0. The van der Waals surface area contributed by atoms with Gasteiger partial charge in [-0.05, 0) is 44.2 Å². The number of halogens is 1. The van der Waals surface area contributed by atoms with Gasteiger partial charge in [0.15, 0.2) is 5.78 Å². The van der Waals surface area contributed by atoms with Crippen molar-refractivity contribution in [3.8, 4) is 0 Å². The van der Waals surface area contributed by atoms with Crippen LogP contribution in [0.2, 0.25) is 0 Å². The Hall–Kier alpha value is -2.16. The van der Waals surface area contributed by atoms with E-state index in [4.69, 9.17) is 5.73 Å². The molecule has 0 radical (unpaired) electrons. The highest BCUT2D eigenvalue weighted by Gasteiger charge is 2.13. The number of carbonyl (C=O) groups is 1. The molecule has 0 bridgehead atoms. The Morgan fingerprint density at radius 1 is 1.06 bits per heavy atom. The molecule has 2 rings (SSSR count). The maximum absolute atomic E-state index is 13.2. The van der Waals surface area contributed by atoms with Crippen LogP contribution in [0.4, 0.5) is 10.1 Å². The minimum Gasteiger partial charge on any atom is -0.398 e. The Balaban J connectivity index is 2.51. The van der Waals surface area contributed by atoms with Gasteiger partial charge < -0.3 is 5.73 Å². The standard InChI is InChI=1S/C15H14FNO/c1-9-5-10(2)7-11(6-9)15(18)13-8-12(16)3-4-14(13)17/h3-8H,17H2,1-2H3. The van der Waals surface area contributed by atoms with Gasteiger partial charge in [0.2, 0.25) is 0 Å². The highest BCUT2D eigenvalue weighted by atomic mass is 19.1. The molecule has 2 nitrogen and oxygen atoms in total. The first kappa shape index (κ1) is 12.3. The summed E-state index contributed by atoms with van der Waals surface area (Å²) in [5.74, 6) is -0.712. The summed E-state index contributed by atoms with van der Waals surface area (Å²) in [4.78, 5) is 12.3. The lowest BCUT2D eigenvalue weighted by atomic mass is 9.98. The SMILES string of the molecule is Cc1cc(C)cc(C(=O)c2cc(F)ccc2N)c1. The maximum atomic E-state index is 13.2. The fourth-order valence-corrected chi connectivity index (χ4v) is 1.99. The van der Waals surface area contributed by atoms with Crippen LogP contribution >= 0.6 is 0 Å². The second-order valence-electron chi connectivity index (χ2n) is 4.44. The van der Waals surface area contributed by atoms with Crippen LogP contribution in [0.15, 0.2) is 36.4 Å². The average Bonchev–Trinajstić information content (AvgIpc) is 2.30. The molecule has 0 spiro atoms. The van der Waals surface area contributed by atoms with Gasteiger partial charge in [0.1, 0.15) is 5.82 Å². The van der Waals surface area contributed by atoms with Crippen molar-refractivity contribution in [3.05, 3.63) is 64.5 Å². The van der Waals surface area contributed by atoms with Gasteiger partial charge >= 0.3 is 0 Å². The van der Waals surface area contributed by atoms with E-state index < -0.39 is 5.82 Å². The third kappa shape index (κ3) is 2.40. The summed E-state index contributed by atoms with van der Waals surface area (Å²) < 4.78 is 13.2. The lowest BCUT2D eigenvalue weighted by Gasteiger charge is -2.07. The fraction of sp³-hybridized carbons (Fsp3) is 0.133. The molecule has 0 aliphatic carbocycles. The minimum absolute atomic E-state index is 0.208. The van der Waals surface area contributed by atoms with Crippen LogP contribution in [-0.2, 0) is 0 Å². The van der Waals surface area contributed by atoms with Crippen LogP contribution in [0.25, 0.3) is 0 Å². The van der Waals surface area contributed by atoms with Crippen LogP contribution in [-0.4, -0.2) is 5.78 Å². The van der Waals surface area contributed by atoms with Crippen LogP contribution < -0.4 is 5.73 Å². The van der Waals surface area contributed by atoms with Crippen molar-refractivity contribution in [1.82, 2.24) is 0 Å². The molecule has 0 aliphatic heterocycles. The zero-order valence-electron chi connectivity index (χ0n) is 10.3. The molecule has 0 fully saturated rings. The Bertz CT molecular complexity index is 600. The molecule has 2 N–H and O–H groups in total. The van der Waals surface area contributed by atoms with E-state index in [0.29, 0.717) is 11.3 Å². The number of aryl methyl sites for hydroxylation is 2. The van der Waals surface area contributed by atoms with Crippen LogP contribution in [0, 0.1) is 19.7 Å². The van der Waals surface area contributed by atoms with E-state index in [1.165, 1.54) is 18.2 Å². The van der Waals surface area contributed by atoms with Gasteiger partial charge in [-0.3, -0.25) is 4.79 Å². The van der Waals surface area contributed by atoms with Crippen LogP contribution in [0.5, 0.6) is 0 Å². The van der Waals surface area contributed by atoms with Gasteiger partial charge in [0.25, 0.3) is 0 Å². The molecular formula is C15H14FNO. The van der Waals surface area contributed by atoms with E-state index in [-0.39, 0.29) is 11.3 Å². The van der Waals surface area contributed by atoms with Crippen LogP contribution in [0.1, 0.15) is 27.0 Å². The van der Waals surface area contributed by atoms with Crippen molar-refractivity contribution in [3.63, 3.8) is 0 Å². The number of nitrogens with two attached hydrogens (primary N) is 1.